The smallest absolute Gasteiger partial charge is 0.245 e. The van der Waals surface area contributed by atoms with Gasteiger partial charge in [0.2, 0.25) is 5.91 Å². The van der Waals surface area contributed by atoms with Crippen LogP contribution in [0.15, 0.2) is 42.9 Å². The average Bonchev–Trinajstić information content (AvgIpc) is 3.46. The van der Waals surface area contributed by atoms with E-state index in [-0.39, 0.29) is 11.9 Å². The Bertz CT molecular complexity index is 1400. The van der Waals surface area contributed by atoms with Crippen LogP contribution >= 0.6 is 0 Å². The molecular weight excluding hydrogens is 428 g/mol. The van der Waals surface area contributed by atoms with Gasteiger partial charge in [-0.3, -0.25) is 14.5 Å². The highest BCUT2D eigenvalue weighted by Gasteiger charge is 2.36. The van der Waals surface area contributed by atoms with Crippen LogP contribution in [0.2, 0.25) is 0 Å². The van der Waals surface area contributed by atoms with Gasteiger partial charge in [-0.2, -0.15) is 5.10 Å². The predicted octanol–water partition coefficient (Wildman–Crippen LogP) is 3.93. The molecule has 34 heavy (non-hydrogen) atoms. The third-order valence-corrected chi connectivity index (χ3v) is 7.15. The van der Waals surface area contributed by atoms with E-state index in [0.29, 0.717) is 12.5 Å². The lowest BCUT2D eigenvalue weighted by Gasteiger charge is -2.32. The average molecular weight is 457 g/mol. The maximum atomic E-state index is 12.9. The maximum absolute atomic E-state index is 12.9. The van der Waals surface area contributed by atoms with E-state index in [1.165, 1.54) is 0 Å². The van der Waals surface area contributed by atoms with Crippen LogP contribution in [0.3, 0.4) is 0 Å². The number of carbonyl (C=O) groups excluding carboxylic acids is 1. The molecule has 0 N–H and O–H groups in total. The molecule has 174 valence electrons. The van der Waals surface area contributed by atoms with Gasteiger partial charge in [-0.15, -0.1) is 0 Å². The molecule has 5 heterocycles. The van der Waals surface area contributed by atoms with Gasteiger partial charge in [0.1, 0.15) is 11.9 Å². The molecule has 0 aliphatic carbocycles. The molecule has 1 unspecified atom stereocenters. The van der Waals surface area contributed by atoms with Crippen molar-refractivity contribution in [1.29, 1.82) is 0 Å². The zero-order valence-electron chi connectivity index (χ0n) is 19.7. The fourth-order valence-electron chi connectivity index (χ4n) is 5.35. The summed E-state index contributed by atoms with van der Waals surface area (Å²) in [4.78, 5) is 24.7. The number of nitrogens with zero attached hydrogens (tertiary/aromatic N) is 6. The quantitative estimate of drug-likeness (QED) is 0.467. The Morgan fingerprint density at radius 2 is 1.94 bits per heavy atom. The Hall–Kier alpha value is -3.52. The summed E-state index contributed by atoms with van der Waals surface area (Å²) in [5, 5.41) is 6.44. The van der Waals surface area contributed by atoms with Gasteiger partial charge in [-0.25, -0.2) is 4.98 Å². The summed E-state index contributed by atoms with van der Waals surface area (Å²) in [6.45, 7) is 4.01. The summed E-state index contributed by atoms with van der Waals surface area (Å²) in [7, 11) is 3.78. The van der Waals surface area contributed by atoms with Crippen LogP contribution in [-0.2, 0) is 23.1 Å². The normalized spacial score (nSPS) is 19.1. The highest BCUT2D eigenvalue weighted by molar-refractivity contribution is 5.97. The van der Waals surface area contributed by atoms with Crippen molar-refractivity contribution in [2.45, 2.75) is 38.3 Å². The number of hydrogen-bond donors (Lipinski definition) is 0. The monoisotopic (exact) mass is 456 g/mol. The minimum absolute atomic E-state index is 0.130. The largest absolute Gasteiger partial charge is 0.381 e. The number of likely N-dealkylation sites (N-methyl/N-ethyl adjacent to an activating group) is 1. The molecule has 0 spiro atoms. The Morgan fingerprint density at radius 3 is 2.71 bits per heavy atom. The molecule has 8 nitrogen and oxygen atoms in total. The van der Waals surface area contributed by atoms with Crippen LogP contribution in [-0.4, -0.2) is 55.4 Å². The second kappa shape index (κ2) is 8.06. The molecule has 0 bridgehead atoms. The Kier molecular flexibility index (Phi) is 4.99. The van der Waals surface area contributed by atoms with Crippen molar-refractivity contribution in [3.8, 4) is 22.5 Å². The van der Waals surface area contributed by atoms with Crippen LogP contribution < -0.4 is 0 Å². The van der Waals surface area contributed by atoms with Crippen molar-refractivity contribution in [3.05, 3.63) is 54.4 Å². The first-order valence-electron chi connectivity index (χ1n) is 11.8. The molecule has 1 fully saturated rings. The van der Waals surface area contributed by atoms with Gasteiger partial charge < -0.3 is 14.2 Å². The summed E-state index contributed by atoms with van der Waals surface area (Å²) in [6, 6.07) is 8.15. The van der Waals surface area contributed by atoms with Crippen LogP contribution in [0.4, 0.5) is 0 Å². The number of pyridine rings is 1. The number of fused-ring (bicyclic) bond motifs is 2. The van der Waals surface area contributed by atoms with Gasteiger partial charge in [-0.1, -0.05) is 18.2 Å². The minimum atomic E-state index is -0.266. The van der Waals surface area contributed by atoms with Gasteiger partial charge in [0.25, 0.3) is 0 Å². The second-order valence-corrected chi connectivity index (χ2v) is 9.39. The molecule has 3 aromatic heterocycles. The lowest BCUT2D eigenvalue weighted by molar-refractivity contribution is -0.135. The highest BCUT2D eigenvalue weighted by Crippen LogP contribution is 2.39. The molecule has 1 saturated heterocycles. The van der Waals surface area contributed by atoms with E-state index < -0.39 is 0 Å². The van der Waals surface area contributed by atoms with Crippen molar-refractivity contribution >= 4 is 16.7 Å². The van der Waals surface area contributed by atoms with E-state index in [9.17, 15) is 4.79 Å². The Morgan fingerprint density at radius 1 is 1.12 bits per heavy atom. The third kappa shape index (κ3) is 3.32. The number of aromatic nitrogens is 5. The molecule has 0 radical (unpaired) electrons. The molecule has 1 amide bonds. The maximum Gasteiger partial charge on any atom is 0.245 e. The molecule has 4 aromatic rings. The lowest BCUT2D eigenvalue weighted by atomic mass is 9.98. The summed E-state index contributed by atoms with van der Waals surface area (Å²) in [6.07, 6.45) is 7.60. The van der Waals surface area contributed by atoms with Crippen molar-refractivity contribution in [1.82, 2.24) is 29.2 Å². The van der Waals surface area contributed by atoms with Gasteiger partial charge in [0, 0.05) is 62.1 Å². The van der Waals surface area contributed by atoms with Crippen molar-refractivity contribution in [2.75, 3.05) is 20.3 Å². The molecule has 1 aromatic carbocycles. The standard InChI is InChI=1S/C26H28N6O2/c1-16-26(33)30(2)15-23-24(29-25(32(16)23)17-7-9-34-10-8-17)20-6-4-5-18-11-22(27-13-21(18)20)19-12-28-31(3)14-19/h4-6,11-14,16-17H,7-10,15H2,1-3H3. The van der Waals surface area contributed by atoms with E-state index >= 15 is 0 Å². The first-order valence-corrected chi connectivity index (χ1v) is 11.8. The number of aryl methyl sites for hydroxylation is 1. The van der Waals surface area contributed by atoms with E-state index in [1.807, 2.05) is 44.5 Å². The SMILES string of the molecule is CC1C(=O)N(C)Cc2c(-c3cccc4cc(-c5cnn(C)c5)ncc34)nc(C3CCOCC3)n21. The predicted molar refractivity (Wildman–Crippen MR) is 129 cm³/mol. The topological polar surface area (TPSA) is 78.1 Å². The van der Waals surface area contributed by atoms with Gasteiger partial charge in [-0.05, 0) is 31.2 Å². The number of ether oxygens (including phenoxy) is 1. The van der Waals surface area contributed by atoms with E-state index in [0.717, 1.165) is 70.9 Å². The molecule has 0 saturated carbocycles. The van der Waals surface area contributed by atoms with Crippen LogP contribution in [0, 0.1) is 0 Å². The molecule has 1 atom stereocenters. The van der Waals surface area contributed by atoms with Crippen molar-refractivity contribution in [3.63, 3.8) is 0 Å². The number of imidazole rings is 1. The first-order chi connectivity index (χ1) is 16.5. The van der Waals surface area contributed by atoms with E-state index in [1.54, 1.807) is 4.68 Å². The zero-order valence-corrected chi connectivity index (χ0v) is 19.7. The Balaban J connectivity index is 1.52. The number of amides is 1. The number of hydrogen-bond acceptors (Lipinski definition) is 5. The molecule has 2 aliphatic rings. The van der Waals surface area contributed by atoms with Gasteiger partial charge >= 0.3 is 0 Å². The van der Waals surface area contributed by atoms with Crippen molar-refractivity contribution < 1.29 is 9.53 Å². The molecule has 8 heteroatoms. The number of rotatable bonds is 3. The van der Waals surface area contributed by atoms with Crippen LogP contribution in [0.1, 0.15) is 43.2 Å². The summed E-state index contributed by atoms with van der Waals surface area (Å²) in [5.74, 6) is 1.44. The number of benzene rings is 1. The van der Waals surface area contributed by atoms with Gasteiger partial charge in [0.05, 0.1) is 29.8 Å². The summed E-state index contributed by atoms with van der Waals surface area (Å²) < 4.78 is 9.58. The van der Waals surface area contributed by atoms with E-state index in [2.05, 4.69) is 33.9 Å². The fraction of sp³-hybridized carbons (Fsp3) is 0.385. The fourth-order valence-corrected chi connectivity index (χ4v) is 5.35. The summed E-state index contributed by atoms with van der Waals surface area (Å²) in [5.41, 5.74) is 4.99. The minimum Gasteiger partial charge on any atom is -0.381 e. The van der Waals surface area contributed by atoms with E-state index in [4.69, 9.17) is 14.7 Å². The Labute approximate surface area is 198 Å². The molecular formula is C26H28N6O2. The first kappa shape index (κ1) is 21.0. The zero-order chi connectivity index (χ0) is 23.4. The van der Waals surface area contributed by atoms with Crippen LogP contribution in [0.5, 0.6) is 0 Å². The second-order valence-electron chi connectivity index (χ2n) is 9.39. The molecule has 2 aliphatic heterocycles. The summed E-state index contributed by atoms with van der Waals surface area (Å²) >= 11 is 0. The van der Waals surface area contributed by atoms with Crippen LogP contribution in [0.25, 0.3) is 33.3 Å². The van der Waals surface area contributed by atoms with Crippen molar-refractivity contribution in [2.24, 2.45) is 7.05 Å². The lowest BCUT2D eigenvalue weighted by Crippen LogP contribution is -2.40. The molecule has 6 rings (SSSR count). The highest BCUT2D eigenvalue weighted by atomic mass is 16.5. The number of carbonyl (C=O) groups is 1. The third-order valence-electron chi connectivity index (χ3n) is 7.15. The van der Waals surface area contributed by atoms with Gasteiger partial charge in [0.15, 0.2) is 0 Å².